The zero-order chi connectivity index (χ0) is 14.1. The lowest BCUT2D eigenvalue weighted by Gasteiger charge is -2.12. The summed E-state index contributed by atoms with van der Waals surface area (Å²) in [5.74, 6) is 0.0400. The second kappa shape index (κ2) is 8.99. The molecule has 0 unspecified atom stereocenters. The van der Waals surface area contributed by atoms with Crippen LogP contribution in [0.25, 0.3) is 0 Å². The molecule has 1 aromatic carbocycles. The van der Waals surface area contributed by atoms with E-state index in [2.05, 4.69) is 0 Å². The molecule has 0 radical (unpaired) electrons. The van der Waals surface area contributed by atoms with Crippen molar-refractivity contribution in [2.75, 3.05) is 5.75 Å². The van der Waals surface area contributed by atoms with E-state index < -0.39 is 0 Å². The number of hydrogen-bond donors (Lipinski definition) is 0. The number of benzene rings is 1. The summed E-state index contributed by atoms with van der Waals surface area (Å²) in [6.07, 6.45) is 2.73. The number of rotatable bonds is 8. The smallest absolute Gasteiger partial charge is 0.316 e. The molecular formula is C14H17ClO3S. The monoisotopic (exact) mass is 300 g/mol. The lowest BCUT2D eigenvalue weighted by molar-refractivity contribution is -0.145. The molecule has 0 aliphatic carbocycles. The lowest BCUT2D eigenvalue weighted by atomic mass is 10.2. The van der Waals surface area contributed by atoms with Gasteiger partial charge in [0.05, 0.1) is 11.9 Å². The highest BCUT2D eigenvalue weighted by atomic mass is 35.5. The summed E-state index contributed by atoms with van der Waals surface area (Å²) in [6, 6.07) is 7.32. The van der Waals surface area contributed by atoms with E-state index in [0.717, 1.165) is 24.0 Å². The summed E-state index contributed by atoms with van der Waals surface area (Å²) in [5.41, 5.74) is 0. The Hall–Kier alpha value is -1.00. The molecule has 0 aliphatic heterocycles. The number of halogens is 1. The SMILES string of the molecule is C[C@H](CCCC=O)OC(=O)CSc1ccc(Cl)cc1. The predicted molar refractivity (Wildman–Crippen MR) is 77.6 cm³/mol. The van der Waals surface area contributed by atoms with E-state index in [-0.39, 0.29) is 17.8 Å². The minimum Gasteiger partial charge on any atom is -0.462 e. The molecule has 0 fully saturated rings. The van der Waals surface area contributed by atoms with Gasteiger partial charge in [-0.1, -0.05) is 11.6 Å². The van der Waals surface area contributed by atoms with Crippen molar-refractivity contribution in [2.45, 2.75) is 37.2 Å². The number of carbonyl (C=O) groups excluding carboxylic acids is 2. The Morgan fingerprint density at radius 3 is 2.74 bits per heavy atom. The van der Waals surface area contributed by atoms with Crippen LogP contribution in [0, 0.1) is 0 Å². The molecule has 0 heterocycles. The Labute approximate surface area is 122 Å². The molecule has 0 amide bonds. The van der Waals surface area contributed by atoms with Crippen molar-refractivity contribution in [3.05, 3.63) is 29.3 Å². The molecule has 104 valence electrons. The molecule has 3 nitrogen and oxygen atoms in total. The number of aldehydes is 1. The van der Waals surface area contributed by atoms with Gasteiger partial charge in [-0.05, 0) is 44.0 Å². The fraction of sp³-hybridized carbons (Fsp3) is 0.429. The second-order valence-corrected chi connectivity index (χ2v) is 5.63. The Balaban J connectivity index is 2.23. The van der Waals surface area contributed by atoms with E-state index in [0.29, 0.717) is 11.4 Å². The first kappa shape index (κ1) is 16.1. The molecule has 0 saturated carbocycles. The van der Waals surface area contributed by atoms with E-state index in [4.69, 9.17) is 16.3 Å². The number of esters is 1. The summed E-state index contributed by atoms with van der Waals surface area (Å²) in [4.78, 5) is 22.7. The van der Waals surface area contributed by atoms with Crippen molar-refractivity contribution in [2.24, 2.45) is 0 Å². The zero-order valence-corrected chi connectivity index (χ0v) is 12.4. The maximum absolute atomic E-state index is 11.6. The first-order chi connectivity index (χ1) is 9.11. The fourth-order valence-electron chi connectivity index (χ4n) is 1.48. The third-order valence-corrected chi connectivity index (χ3v) is 3.67. The summed E-state index contributed by atoms with van der Waals surface area (Å²) < 4.78 is 5.24. The van der Waals surface area contributed by atoms with Gasteiger partial charge in [0.25, 0.3) is 0 Å². The molecule has 0 aliphatic rings. The van der Waals surface area contributed by atoms with Crippen molar-refractivity contribution < 1.29 is 14.3 Å². The third-order valence-electron chi connectivity index (χ3n) is 2.44. The Morgan fingerprint density at radius 1 is 1.42 bits per heavy atom. The van der Waals surface area contributed by atoms with Crippen molar-refractivity contribution in [1.29, 1.82) is 0 Å². The van der Waals surface area contributed by atoms with Crippen molar-refractivity contribution in [3.8, 4) is 0 Å². The van der Waals surface area contributed by atoms with E-state index in [1.807, 2.05) is 19.1 Å². The number of hydrogen-bond acceptors (Lipinski definition) is 4. The minimum absolute atomic E-state index is 0.140. The average Bonchev–Trinajstić information content (AvgIpc) is 2.38. The van der Waals surface area contributed by atoms with Gasteiger partial charge in [-0.15, -0.1) is 11.8 Å². The molecule has 1 atom stereocenters. The van der Waals surface area contributed by atoms with Gasteiger partial charge in [0.2, 0.25) is 0 Å². The summed E-state index contributed by atoms with van der Waals surface area (Å²) in [7, 11) is 0. The highest BCUT2D eigenvalue weighted by Gasteiger charge is 2.09. The molecule has 5 heteroatoms. The molecule has 0 aromatic heterocycles. The van der Waals surface area contributed by atoms with Crippen LogP contribution >= 0.6 is 23.4 Å². The van der Waals surface area contributed by atoms with Gasteiger partial charge in [0.1, 0.15) is 6.29 Å². The quantitative estimate of drug-likeness (QED) is 0.317. The van der Waals surface area contributed by atoms with Crippen molar-refractivity contribution in [1.82, 2.24) is 0 Å². The molecular weight excluding hydrogens is 284 g/mol. The normalized spacial score (nSPS) is 11.9. The maximum Gasteiger partial charge on any atom is 0.316 e. The van der Waals surface area contributed by atoms with E-state index in [1.165, 1.54) is 11.8 Å². The third kappa shape index (κ3) is 7.23. The molecule has 19 heavy (non-hydrogen) atoms. The standard InChI is InChI=1S/C14H17ClO3S/c1-11(4-2-3-9-16)18-14(17)10-19-13-7-5-12(15)6-8-13/h5-9,11H,2-4,10H2,1H3/t11-/m1/s1. The fourth-order valence-corrected chi connectivity index (χ4v) is 2.29. The second-order valence-electron chi connectivity index (χ2n) is 4.14. The number of ether oxygens (including phenoxy) is 1. The van der Waals surface area contributed by atoms with Crippen LogP contribution < -0.4 is 0 Å². The first-order valence-corrected chi connectivity index (χ1v) is 7.49. The Kier molecular flexibility index (Phi) is 7.60. The summed E-state index contributed by atoms with van der Waals surface area (Å²) in [6.45, 7) is 1.84. The van der Waals surface area contributed by atoms with Gasteiger partial charge in [-0.2, -0.15) is 0 Å². The largest absolute Gasteiger partial charge is 0.462 e. The van der Waals surface area contributed by atoms with Gasteiger partial charge in [0, 0.05) is 16.3 Å². The van der Waals surface area contributed by atoms with Crippen molar-refractivity contribution in [3.63, 3.8) is 0 Å². The van der Waals surface area contributed by atoms with Crippen LogP contribution in [-0.2, 0) is 14.3 Å². The van der Waals surface area contributed by atoms with Gasteiger partial charge in [-0.3, -0.25) is 4.79 Å². The lowest BCUT2D eigenvalue weighted by Crippen LogP contribution is -2.16. The minimum atomic E-state index is -0.237. The predicted octanol–water partition coefficient (Wildman–Crippen LogP) is 3.73. The zero-order valence-electron chi connectivity index (χ0n) is 10.8. The Bertz CT molecular complexity index is 406. The highest BCUT2D eigenvalue weighted by molar-refractivity contribution is 8.00. The van der Waals surface area contributed by atoms with Gasteiger partial charge < -0.3 is 9.53 Å². The average molecular weight is 301 g/mol. The number of carbonyl (C=O) groups is 2. The summed E-state index contributed by atoms with van der Waals surface area (Å²) in [5, 5.41) is 0.677. The van der Waals surface area contributed by atoms with E-state index in [9.17, 15) is 9.59 Å². The van der Waals surface area contributed by atoms with Crippen LogP contribution in [-0.4, -0.2) is 24.1 Å². The van der Waals surface area contributed by atoms with Crippen LogP contribution in [0.1, 0.15) is 26.2 Å². The molecule has 0 bridgehead atoms. The summed E-state index contributed by atoms with van der Waals surface area (Å²) >= 11 is 7.20. The van der Waals surface area contributed by atoms with E-state index in [1.54, 1.807) is 12.1 Å². The van der Waals surface area contributed by atoms with Crippen molar-refractivity contribution >= 4 is 35.6 Å². The van der Waals surface area contributed by atoms with Gasteiger partial charge >= 0.3 is 5.97 Å². The Morgan fingerprint density at radius 2 is 2.11 bits per heavy atom. The maximum atomic E-state index is 11.6. The molecule has 1 rings (SSSR count). The first-order valence-electron chi connectivity index (χ1n) is 6.13. The topological polar surface area (TPSA) is 43.4 Å². The van der Waals surface area contributed by atoms with Crippen LogP contribution in [0.3, 0.4) is 0 Å². The molecule has 1 aromatic rings. The van der Waals surface area contributed by atoms with Gasteiger partial charge in [-0.25, -0.2) is 0 Å². The molecule has 0 saturated heterocycles. The van der Waals surface area contributed by atoms with Gasteiger partial charge in [0.15, 0.2) is 0 Å². The highest BCUT2D eigenvalue weighted by Crippen LogP contribution is 2.20. The molecule has 0 N–H and O–H groups in total. The van der Waals surface area contributed by atoms with E-state index >= 15 is 0 Å². The van der Waals surface area contributed by atoms with Crippen LogP contribution in [0.4, 0.5) is 0 Å². The van der Waals surface area contributed by atoms with Crippen LogP contribution in [0.15, 0.2) is 29.2 Å². The number of unbranched alkanes of at least 4 members (excludes halogenated alkanes) is 1. The number of thioether (sulfide) groups is 1. The molecule has 0 spiro atoms. The van der Waals surface area contributed by atoms with Crippen LogP contribution in [0.5, 0.6) is 0 Å². The van der Waals surface area contributed by atoms with Crippen LogP contribution in [0.2, 0.25) is 5.02 Å².